The molecular weight excluding hydrogens is 423 g/mol. The first-order chi connectivity index (χ1) is 15.5. The zero-order valence-electron chi connectivity index (χ0n) is 17.0. The lowest BCUT2D eigenvalue weighted by molar-refractivity contribution is -0.156. The Balaban J connectivity index is 1.36. The van der Waals surface area contributed by atoms with E-state index in [0.29, 0.717) is 43.6 Å². The zero-order chi connectivity index (χ0) is 22.1. The Kier molecular flexibility index (Phi) is 5.35. The number of alkyl halides is 3. The molecule has 1 atom stereocenters. The number of aromatic amines is 1. The molecule has 4 aromatic heterocycles. The Morgan fingerprint density at radius 1 is 1.09 bits per heavy atom. The maximum atomic E-state index is 13.7. The smallest absolute Gasteiger partial charge is 0.379 e. The van der Waals surface area contributed by atoms with Crippen LogP contribution in [0.3, 0.4) is 0 Å². The molecule has 0 spiro atoms. The molecule has 11 heteroatoms. The number of rotatable bonds is 5. The fourth-order valence-corrected chi connectivity index (χ4v) is 3.73. The van der Waals surface area contributed by atoms with E-state index in [1.54, 1.807) is 29.6 Å². The summed E-state index contributed by atoms with van der Waals surface area (Å²) in [5, 5.41) is 4.28. The van der Waals surface area contributed by atoms with Crippen LogP contribution in [0.2, 0.25) is 0 Å². The van der Waals surface area contributed by atoms with Gasteiger partial charge in [0.2, 0.25) is 0 Å². The lowest BCUT2D eigenvalue weighted by atomic mass is 9.99. The molecule has 8 nitrogen and oxygen atoms in total. The quantitative estimate of drug-likeness (QED) is 0.510. The molecule has 0 radical (unpaired) electrons. The van der Waals surface area contributed by atoms with Crippen LogP contribution < -0.4 is 0 Å². The van der Waals surface area contributed by atoms with E-state index in [1.807, 2.05) is 12.1 Å². The summed E-state index contributed by atoms with van der Waals surface area (Å²) in [6.45, 7) is 1.77. The van der Waals surface area contributed by atoms with Crippen molar-refractivity contribution in [3.63, 3.8) is 0 Å². The minimum absolute atomic E-state index is 0.111. The van der Waals surface area contributed by atoms with Crippen LogP contribution in [0.5, 0.6) is 0 Å². The monoisotopic (exact) mass is 443 g/mol. The van der Waals surface area contributed by atoms with Crippen LogP contribution in [0, 0.1) is 0 Å². The molecule has 4 aromatic rings. The van der Waals surface area contributed by atoms with Crippen LogP contribution in [-0.2, 0) is 4.74 Å². The van der Waals surface area contributed by atoms with Crippen molar-refractivity contribution in [1.82, 2.24) is 34.6 Å². The van der Waals surface area contributed by atoms with Crippen molar-refractivity contribution in [2.45, 2.75) is 12.1 Å². The summed E-state index contributed by atoms with van der Waals surface area (Å²) in [7, 11) is 0. The number of halogens is 3. The second-order valence-electron chi connectivity index (χ2n) is 7.59. The highest BCUT2D eigenvalue weighted by Crippen LogP contribution is 2.35. The van der Waals surface area contributed by atoms with E-state index in [4.69, 9.17) is 4.74 Å². The molecule has 166 valence electrons. The van der Waals surface area contributed by atoms with E-state index in [0.717, 1.165) is 11.1 Å². The number of aromatic nitrogens is 6. The van der Waals surface area contributed by atoms with Crippen molar-refractivity contribution in [2.24, 2.45) is 0 Å². The predicted molar refractivity (Wildman–Crippen MR) is 110 cm³/mol. The van der Waals surface area contributed by atoms with Crippen LogP contribution in [0.15, 0.2) is 49.1 Å². The van der Waals surface area contributed by atoms with Crippen LogP contribution in [0.1, 0.15) is 11.5 Å². The number of H-pyrrole nitrogens is 1. The van der Waals surface area contributed by atoms with Gasteiger partial charge in [-0.2, -0.15) is 18.3 Å². The molecule has 0 aromatic carbocycles. The Morgan fingerprint density at radius 3 is 2.66 bits per heavy atom. The average Bonchev–Trinajstić information content (AvgIpc) is 3.45. The number of nitrogens with one attached hydrogen (secondary N) is 1. The van der Waals surface area contributed by atoms with Crippen LogP contribution in [0.4, 0.5) is 13.2 Å². The largest absolute Gasteiger partial charge is 0.397 e. The van der Waals surface area contributed by atoms with Crippen molar-refractivity contribution in [3.05, 3.63) is 54.6 Å². The van der Waals surface area contributed by atoms with Crippen LogP contribution in [0.25, 0.3) is 28.4 Å². The zero-order valence-corrected chi connectivity index (χ0v) is 17.0. The van der Waals surface area contributed by atoms with Gasteiger partial charge in [-0.05, 0) is 23.8 Å². The number of hydrogen-bond acceptors (Lipinski definition) is 6. The number of ether oxygens (including phenoxy) is 1. The number of morpholine rings is 1. The molecule has 1 fully saturated rings. The van der Waals surface area contributed by atoms with E-state index in [1.165, 1.54) is 16.9 Å². The van der Waals surface area contributed by atoms with Gasteiger partial charge in [0.15, 0.2) is 11.5 Å². The number of fused-ring (bicyclic) bond motifs is 1. The van der Waals surface area contributed by atoms with E-state index in [9.17, 15) is 13.2 Å². The third kappa shape index (κ3) is 4.21. The molecular formula is C21H20F3N7O. The molecule has 0 saturated carbocycles. The number of imidazole rings is 1. The molecule has 5 rings (SSSR count). The Bertz CT molecular complexity index is 1160. The molecule has 1 saturated heterocycles. The third-order valence-corrected chi connectivity index (χ3v) is 5.46. The second-order valence-corrected chi connectivity index (χ2v) is 7.59. The first kappa shape index (κ1) is 20.6. The van der Waals surface area contributed by atoms with Gasteiger partial charge in [-0.3, -0.25) is 4.90 Å². The van der Waals surface area contributed by atoms with Gasteiger partial charge in [0.05, 0.1) is 36.4 Å². The Hall–Kier alpha value is -3.31. The van der Waals surface area contributed by atoms with Crippen LogP contribution in [-0.4, -0.2) is 73.6 Å². The average molecular weight is 443 g/mol. The molecule has 0 bridgehead atoms. The van der Waals surface area contributed by atoms with Gasteiger partial charge in [-0.25, -0.2) is 19.6 Å². The summed E-state index contributed by atoms with van der Waals surface area (Å²) in [4.78, 5) is 17.8. The van der Waals surface area contributed by atoms with Gasteiger partial charge < -0.3 is 9.72 Å². The van der Waals surface area contributed by atoms with Gasteiger partial charge in [-0.1, -0.05) is 6.07 Å². The van der Waals surface area contributed by atoms with Crippen molar-refractivity contribution in [1.29, 1.82) is 0 Å². The summed E-state index contributed by atoms with van der Waals surface area (Å²) in [5.41, 5.74) is 2.24. The maximum absolute atomic E-state index is 13.7. The summed E-state index contributed by atoms with van der Waals surface area (Å²) in [6, 6.07) is 6.70. The normalized spacial score (nSPS) is 16.5. The van der Waals surface area contributed by atoms with Crippen molar-refractivity contribution >= 4 is 11.2 Å². The SMILES string of the molecule is FC(F)(F)C(CN1CCOCC1)c1ccc(-n2cc(-c3nc4ncccc4[nH]3)cn2)nc1. The lowest BCUT2D eigenvalue weighted by Gasteiger charge is -2.31. The number of hydrogen-bond donors (Lipinski definition) is 1. The summed E-state index contributed by atoms with van der Waals surface area (Å²) in [6.07, 6.45) is 1.91. The first-order valence-corrected chi connectivity index (χ1v) is 10.2. The fourth-order valence-electron chi connectivity index (χ4n) is 3.73. The van der Waals surface area contributed by atoms with Crippen molar-refractivity contribution in [2.75, 3.05) is 32.8 Å². The summed E-state index contributed by atoms with van der Waals surface area (Å²) >= 11 is 0. The molecule has 1 aliphatic heterocycles. The highest BCUT2D eigenvalue weighted by atomic mass is 19.4. The minimum Gasteiger partial charge on any atom is -0.379 e. The van der Waals surface area contributed by atoms with Crippen molar-refractivity contribution in [3.8, 4) is 17.2 Å². The number of pyridine rings is 2. The van der Waals surface area contributed by atoms with E-state index < -0.39 is 12.1 Å². The Morgan fingerprint density at radius 2 is 1.94 bits per heavy atom. The predicted octanol–water partition coefficient (Wildman–Crippen LogP) is 3.18. The van der Waals surface area contributed by atoms with E-state index in [-0.39, 0.29) is 12.1 Å². The molecule has 32 heavy (non-hydrogen) atoms. The molecule has 0 amide bonds. The topological polar surface area (TPSA) is 84.8 Å². The second kappa shape index (κ2) is 8.32. The summed E-state index contributed by atoms with van der Waals surface area (Å²) in [5.74, 6) is -0.593. The standard InChI is InChI=1S/C21H20F3N7O/c22-21(23,24)16(13-30-6-8-32-9-7-30)14-3-4-18(26-10-14)31-12-15(11-27-31)19-28-17-2-1-5-25-20(17)29-19/h1-5,10-12,16H,6-9,13H2,(H,25,28,29). The van der Waals surface area contributed by atoms with Gasteiger partial charge in [-0.15, -0.1) is 0 Å². The molecule has 5 heterocycles. The first-order valence-electron chi connectivity index (χ1n) is 10.2. The van der Waals surface area contributed by atoms with Gasteiger partial charge >= 0.3 is 6.18 Å². The highest BCUT2D eigenvalue weighted by Gasteiger charge is 2.42. The molecule has 1 N–H and O–H groups in total. The van der Waals surface area contributed by atoms with Crippen molar-refractivity contribution < 1.29 is 17.9 Å². The van der Waals surface area contributed by atoms with E-state index in [2.05, 4.69) is 25.0 Å². The van der Waals surface area contributed by atoms with Crippen LogP contribution >= 0.6 is 0 Å². The fraction of sp³-hybridized carbons (Fsp3) is 0.333. The minimum atomic E-state index is -4.37. The Labute approximate surface area is 181 Å². The number of nitrogens with zero attached hydrogens (tertiary/aromatic N) is 6. The van der Waals surface area contributed by atoms with Gasteiger partial charge in [0, 0.05) is 38.2 Å². The van der Waals surface area contributed by atoms with Gasteiger partial charge in [0.25, 0.3) is 0 Å². The molecule has 0 aliphatic carbocycles. The molecule has 1 unspecified atom stereocenters. The highest BCUT2D eigenvalue weighted by molar-refractivity contribution is 5.75. The molecule has 1 aliphatic rings. The van der Waals surface area contributed by atoms with E-state index >= 15 is 0 Å². The summed E-state index contributed by atoms with van der Waals surface area (Å²) < 4.78 is 48.0. The maximum Gasteiger partial charge on any atom is 0.397 e. The lowest BCUT2D eigenvalue weighted by Crippen LogP contribution is -2.41. The third-order valence-electron chi connectivity index (χ3n) is 5.46. The van der Waals surface area contributed by atoms with Gasteiger partial charge in [0.1, 0.15) is 5.82 Å².